The summed E-state index contributed by atoms with van der Waals surface area (Å²) in [6, 6.07) is 0. The van der Waals surface area contributed by atoms with Crippen LogP contribution in [0.3, 0.4) is 0 Å². The number of hydrogen-bond acceptors (Lipinski definition) is 7. The van der Waals surface area contributed by atoms with Gasteiger partial charge in [-0.1, -0.05) is 0 Å². The molecule has 0 bridgehead atoms. The van der Waals surface area contributed by atoms with Gasteiger partial charge in [-0.25, -0.2) is 24.0 Å². The molecule has 4 aromatic rings. The van der Waals surface area contributed by atoms with Crippen molar-refractivity contribution in [3.8, 4) is 0 Å². The molecule has 1 N–H and O–H groups in total. The molecule has 4 rings (SSSR count). The van der Waals surface area contributed by atoms with Crippen LogP contribution in [0.1, 0.15) is 24.2 Å². The fourth-order valence-corrected chi connectivity index (χ4v) is 2.97. The van der Waals surface area contributed by atoms with E-state index in [0.29, 0.717) is 30.2 Å². The number of aromatic nitrogens is 6. The van der Waals surface area contributed by atoms with E-state index in [0.717, 1.165) is 21.9 Å². The molecule has 0 fully saturated rings. The van der Waals surface area contributed by atoms with E-state index in [2.05, 4.69) is 25.5 Å². The summed E-state index contributed by atoms with van der Waals surface area (Å²) in [4.78, 5) is 21.3. The molecule has 25 heavy (non-hydrogen) atoms. The van der Waals surface area contributed by atoms with Gasteiger partial charge in [0, 0.05) is 19.8 Å². The van der Waals surface area contributed by atoms with Crippen LogP contribution in [-0.4, -0.2) is 49.0 Å². The minimum Gasteiger partial charge on any atom is -0.462 e. The van der Waals surface area contributed by atoms with Crippen LogP contribution in [0, 0.1) is 0 Å². The van der Waals surface area contributed by atoms with E-state index in [1.807, 2.05) is 11.6 Å². The average molecular weight is 339 g/mol. The number of nitrogens with one attached hydrogen (secondary N) is 1. The summed E-state index contributed by atoms with van der Waals surface area (Å²) in [5.74, 6) is 0.174. The van der Waals surface area contributed by atoms with E-state index in [1.54, 1.807) is 30.9 Å². The standard InChI is InChI=1S/C16H17N7O2/c1-4-22-14-10(7-19-22)12-9(6-18-14)13(17-3)21-15-11(8-20-23(12)15)16(24)25-5-2/h6-8H,4-5H2,1-3H3,(H,17,21). The van der Waals surface area contributed by atoms with E-state index in [9.17, 15) is 4.79 Å². The predicted octanol–water partition coefficient (Wildman–Crippen LogP) is 1.87. The molecule has 0 aromatic carbocycles. The van der Waals surface area contributed by atoms with Crippen LogP contribution in [0.4, 0.5) is 5.82 Å². The first-order valence-electron chi connectivity index (χ1n) is 8.06. The summed E-state index contributed by atoms with van der Waals surface area (Å²) in [5, 5.41) is 13.5. The Morgan fingerprint density at radius 3 is 2.72 bits per heavy atom. The Kier molecular flexibility index (Phi) is 3.48. The number of pyridine rings is 1. The van der Waals surface area contributed by atoms with Crippen molar-refractivity contribution in [3.05, 3.63) is 24.2 Å². The highest BCUT2D eigenvalue weighted by atomic mass is 16.5. The molecule has 0 unspecified atom stereocenters. The third-order valence-corrected chi connectivity index (χ3v) is 4.10. The molecule has 4 aromatic heterocycles. The number of rotatable bonds is 4. The van der Waals surface area contributed by atoms with Crippen LogP contribution >= 0.6 is 0 Å². The van der Waals surface area contributed by atoms with Crippen molar-refractivity contribution >= 4 is 39.4 Å². The zero-order valence-corrected chi connectivity index (χ0v) is 14.1. The lowest BCUT2D eigenvalue weighted by atomic mass is 10.2. The molecule has 0 spiro atoms. The van der Waals surface area contributed by atoms with Gasteiger partial charge in [0.15, 0.2) is 11.3 Å². The second kappa shape index (κ2) is 5.69. The van der Waals surface area contributed by atoms with Crippen LogP contribution in [0.25, 0.3) is 27.6 Å². The fourth-order valence-electron chi connectivity index (χ4n) is 2.97. The number of ether oxygens (including phenoxy) is 1. The smallest absolute Gasteiger partial charge is 0.343 e. The Hall–Kier alpha value is -3.23. The number of esters is 1. The van der Waals surface area contributed by atoms with E-state index in [4.69, 9.17) is 4.74 Å². The van der Waals surface area contributed by atoms with Gasteiger partial charge in [-0.05, 0) is 13.8 Å². The number of nitrogens with zero attached hydrogens (tertiary/aromatic N) is 6. The van der Waals surface area contributed by atoms with Gasteiger partial charge in [-0.3, -0.25) is 0 Å². The number of hydrogen-bond donors (Lipinski definition) is 1. The van der Waals surface area contributed by atoms with Crippen molar-refractivity contribution in [1.29, 1.82) is 0 Å². The van der Waals surface area contributed by atoms with Crippen molar-refractivity contribution < 1.29 is 9.53 Å². The maximum Gasteiger partial charge on any atom is 0.343 e. The van der Waals surface area contributed by atoms with Crippen LogP contribution in [-0.2, 0) is 11.3 Å². The van der Waals surface area contributed by atoms with Crippen LogP contribution in [0.5, 0.6) is 0 Å². The van der Waals surface area contributed by atoms with Gasteiger partial charge in [-0.2, -0.15) is 10.2 Å². The van der Waals surface area contributed by atoms with Gasteiger partial charge in [0.1, 0.15) is 11.4 Å². The SMILES string of the molecule is CCOC(=O)c1cnn2c1nc(NC)c1cnc3c(cnn3CC)c12. The summed E-state index contributed by atoms with van der Waals surface area (Å²) < 4.78 is 8.57. The Labute approximate surface area is 142 Å². The minimum absolute atomic E-state index is 0.292. The summed E-state index contributed by atoms with van der Waals surface area (Å²) in [7, 11) is 1.78. The first-order valence-corrected chi connectivity index (χ1v) is 8.06. The van der Waals surface area contributed by atoms with Crippen molar-refractivity contribution in [3.63, 3.8) is 0 Å². The fraction of sp³-hybridized carbons (Fsp3) is 0.312. The average Bonchev–Trinajstić information content (AvgIpc) is 3.24. The van der Waals surface area contributed by atoms with Crippen molar-refractivity contribution in [2.24, 2.45) is 0 Å². The second-order valence-electron chi connectivity index (χ2n) is 5.44. The van der Waals surface area contributed by atoms with E-state index < -0.39 is 5.97 Å². The number of fused-ring (bicyclic) bond motifs is 5. The minimum atomic E-state index is -0.444. The van der Waals surface area contributed by atoms with Crippen LogP contribution < -0.4 is 5.32 Å². The molecule has 128 valence electrons. The molecule has 0 amide bonds. The zero-order valence-electron chi connectivity index (χ0n) is 14.1. The highest BCUT2D eigenvalue weighted by Crippen LogP contribution is 2.29. The molecule has 0 aliphatic rings. The number of anilines is 1. The molecule has 9 nitrogen and oxygen atoms in total. The maximum absolute atomic E-state index is 12.2. The van der Waals surface area contributed by atoms with E-state index in [1.165, 1.54) is 6.20 Å². The number of carbonyl (C=O) groups excluding carboxylic acids is 1. The lowest BCUT2D eigenvalue weighted by Crippen LogP contribution is -2.07. The lowest BCUT2D eigenvalue weighted by Gasteiger charge is -2.09. The Morgan fingerprint density at radius 1 is 1.16 bits per heavy atom. The quantitative estimate of drug-likeness (QED) is 0.567. The molecule has 9 heteroatoms. The molecular formula is C16H17N7O2. The number of carbonyl (C=O) groups is 1. The molecule has 4 heterocycles. The van der Waals surface area contributed by atoms with Gasteiger partial charge in [0.2, 0.25) is 0 Å². The van der Waals surface area contributed by atoms with Crippen molar-refractivity contribution in [2.45, 2.75) is 20.4 Å². The van der Waals surface area contributed by atoms with Gasteiger partial charge in [-0.15, -0.1) is 0 Å². The summed E-state index contributed by atoms with van der Waals surface area (Å²) in [5.41, 5.74) is 2.33. The summed E-state index contributed by atoms with van der Waals surface area (Å²) in [6.07, 6.45) is 4.99. The molecule has 0 saturated carbocycles. The lowest BCUT2D eigenvalue weighted by molar-refractivity contribution is 0.0528. The molecular weight excluding hydrogens is 322 g/mol. The van der Waals surface area contributed by atoms with Gasteiger partial charge < -0.3 is 10.1 Å². The Balaban J connectivity index is 2.14. The normalized spacial score (nSPS) is 11.5. The predicted molar refractivity (Wildman–Crippen MR) is 92.8 cm³/mol. The first kappa shape index (κ1) is 15.3. The first-order chi connectivity index (χ1) is 12.2. The largest absolute Gasteiger partial charge is 0.462 e. The Morgan fingerprint density at radius 2 is 2.00 bits per heavy atom. The van der Waals surface area contributed by atoms with Crippen molar-refractivity contribution in [2.75, 3.05) is 19.0 Å². The highest BCUT2D eigenvalue weighted by molar-refractivity contribution is 6.08. The number of aryl methyl sites for hydroxylation is 1. The molecule has 0 saturated heterocycles. The van der Waals surface area contributed by atoms with E-state index >= 15 is 0 Å². The molecule has 0 atom stereocenters. The summed E-state index contributed by atoms with van der Waals surface area (Å²) in [6.45, 7) is 4.77. The van der Waals surface area contributed by atoms with Crippen LogP contribution in [0.2, 0.25) is 0 Å². The summed E-state index contributed by atoms with van der Waals surface area (Å²) >= 11 is 0. The van der Waals surface area contributed by atoms with Crippen LogP contribution in [0.15, 0.2) is 18.6 Å². The maximum atomic E-state index is 12.2. The zero-order chi connectivity index (χ0) is 17.6. The van der Waals surface area contributed by atoms with Gasteiger partial charge in [0.25, 0.3) is 0 Å². The van der Waals surface area contributed by atoms with Gasteiger partial charge >= 0.3 is 5.97 Å². The Bertz CT molecular complexity index is 1110. The topological polar surface area (TPSA) is 99.2 Å². The third-order valence-electron chi connectivity index (χ3n) is 4.10. The second-order valence-corrected chi connectivity index (χ2v) is 5.44. The molecule has 0 aliphatic heterocycles. The molecule has 0 radical (unpaired) electrons. The van der Waals surface area contributed by atoms with E-state index in [-0.39, 0.29) is 0 Å². The van der Waals surface area contributed by atoms with Gasteiger partial charge in [0.05, 0.1) is 35.3 Å². The molecule has 0 aliphatic carbocycles. The highest BCUT2D eigenvalue weighted by Gasteiger charge is 2.21. The van der Waals surface area contributed by atoms with Crippen molar-refractivity contribution in [1.82, 2.24) is 29.4 Å². The third kappa shape index (κ3) is 2.12. The monoisotopic (exact) mass is 339 g/mol.